The van der Waals surface area contributed by atoms with Crippen LogP contribution in [-0.2, 0) is 6.54 Å². The molecule has 0 aliphatic rings. The average Bonchev–Trinajstić information content (AvgIpc) is 2.79. The molecule has 0 fully saturated rings. The monoisotopic (exact) mass is 221 g/mol. The van der Waals surface area contributed by atoms with Crippen LogP contribution in [0.25, 0.3) is 0 Å². The number of hydrogen-bond acceptors (Lipinski definition) is 6. The SMILES string of the molecule is NNc1cc(NCc2ccsc2)ncn1. The van der Waals surface area contributed by atoms with Crippen molar-refractivity contribution in [2.75, 3.05) is 10.7 Å². The van der Waals surface area contributed by atoms with Crippen LogP contribution in [-0.4, -0.2) is 9.97 Å². The van der Waals surface area contributed by atoms with Gasteiger partial charge in [0.1, 0.15) is 18.0 Å². The Bertz CT molecular complexity index is 414. The Morgan fingerprint density at radius 2 is 2.20 bits per heavy atom. The van der Waals surface area contributed by atoms with Crippen LogP contribution in [0.3, 0.4) is 0 Å². The largest absolute Gasteiger partial charge is 0.366 e. The summed E-state index contributed by atoms with van der Waals surface area (Å²) in [6.07, 6.45) is 1.46. The molecular weight excluding hydrogens is 210 g/mol. The fourth-order valence-corrected chi connectivity index (χ4v) is 1.79. The normalized spacial score (nSPS) is 9.93. The van der Waals surface area contributed by atoms with Crippen molar-refractivity contribution in [2.45, 2.75) is 6.54 Å². The van der Waals surface area contributed by atoms with E-state index < -0.39 is 0 Å². The van der Waals surface area contributed by atoms with Gasteiger partial charge in [-0.2, -0.15) is 11.3 Å². The zero-order chi connectivity index (χ0) is 10.5. The second-order valence-corrected chi connectivity index (χ2v) is 3.70. The number of nitrogen functional groups attached to an aromatic ring is 1. The lowest BCUT2D eigenvalue weighted by molar-refractivity contribution is 1.08. The fraction of sp³-hybridized carbons (Fsp3) is 0.111. The van der Waals surface area contributed by atoms with Gasteiger partial charge in [0.15, 0.2) is 0 Å². The van der Waals surface area contributed by atoms with Crippen molar-refractivity contribution in [3.8, 4) is 0 Å². The Kier molecular flexibility index (Phi) is 3.11. The minimum absolute atomic E-state index is 0.595. The summed E-state index contributed by atoms with van der Waals surface area (Å²) in [6, 6.07) is 3.83. The van der Waals surface area contributed by atoms with E-state index in [1.807, 2.05) is 5.38 Å². The predicted octanol–water partition coefficient (Wildman–Crippen LogP) is 1.44. The van der Waals surface area contributed by atoms with Gasteiger partial charge in [-0.25, -0.2) is 15.8 Å². The summed E-state index contributed by atoms with van der Waals surface area (Å²) in [5, 5.41) is 7.32. The van der Waals surface area contributed by atoms with Crippen LogP contribution in [0.2, 0.25) is 0 Å². The second kappa shape index (κ2) is 4.72. The lowest BCUT2D eigenvalue weighted by Gasteiger charge is -2.04. The van der Waals surface area contributed by atoms with Gasteiger partial charge < -0.3 is 10.7 Å². The molecule has 2 aromatic heterocycles. The maximum Gasteiger partial charge on any atom is 0.145 e. The number of rotatable bonds is 4. The van der Waals surface area contributed by atoms with Crippen molar-refractivity contribution in [1.29, 1.82) is 0 Å². The maximum absolute atomic E-state index is 5.24. The maximum atomic E-state index is 5.24. The molecule has 0 aliphatic heterocycles. The van der Waals surface area contributed by atoms with E-state index in [0.717, 1.165) is 12.4 Å². The molecule has 78 valence electrons. The van der Waals surface area contributed by atoms with Crippen LogP contribution < -0.4 is 16.6 Å². The molecule has 2 aromatic rings. The first-order valence-corrected chi connectivity index (χ1v) is 5.36. The second-order valence-electron chi connectivity index (χ2n) is 2.92. The van der Waals surface area contributed by atoms with Gasteiger partial charge in [-0.05, 0) is 22.4 Å². The highest BCUT2D eigenvalue weighted by Gasteiger charge is 1.97. The third-order valence-electron chi connectivity index (χ3n) is 1.87. The van der Waals surface area contributed by atoms with Gasteiger partial charge in [-0.3, -0.25) is 0 Å². The summed E-state index contributed by atoms with van der Waals surface area (Å²) >= 11 is 1.68. The van der Waals surface area contributed by atoms with Gasteiger partial charge >= 0.3 is 0 Å². The minimum Gasteiger partial charge on any atom is -0.366 e. The number of hydrogen-bond donors (Lipinski definition) is 3. The van der Waals surface area contributed by atoms with E-state index >= 15 is 0 Å². The smallest absolute Gasteiger partial charge is 0.145 e. The molecule has 0 unspecified atom stereocenters. The molecule has 0 atom stereocenters. The topological polar surface area (TPSA) is 75.9 Å². The molecule has 0 saturated heterocycles. The Hall–Kier alpha value is -1.66. The zero-order valence-electron chi connectivity index (χ0n) is 7.97. The molecule has 0 saturated carbocycles. The van der Waals surface area contributed by atoms with Crippen LogP contribution in [0, 0.1) is 0 Å². The van der Waals surface area contributed by atoms with E-state index in [1.165, 1.54) is 11.9 Å². The first-order chi connectivity index (χ1) is 7.38. The number of aromatic nitrogens is 2. The van der Waals surface area contributed by atoms with Gasteiger partial charge in [-0.15, -0.1) is 0 Å². The van der Waals surface area contributed by atoms with E-state index in [0.29, 0.717) is 5.82 Å². The molecule has 0 bridgehead atoms. The first kappa shape index (κ1) is 9.88. The number of hydrazine groups is 1. The van der Waals surface area contributed by atoms with Crippen LogP contribution in [0.4, 0.5) is 11.6 Å². The molecular formula is C9H11N5S. The quantitative estimate of drug-likeness (QED) is 0.538. The van der Waals surface area contributed by atoms with Crippen LogP contribution in [0.15, 0.2) is 29.2 Å². The average molecular weight is 221 g/mol. The number of nitrogens with one attached hydrogen (secondary N) is 2. The molecule has 0 amide bonds. The van der Waals surface area contributed by atoms with E-state index in [2.05, 4.69) is 32.2 Å². The van der Waals surface area contributed by atoms with Crippen molar-refractivity contribution in [3.05, 3.63) is 34.8 Å². The highest BCUT2D eigenvalue weighted by molar-refractivity contribution is 7.07. The summed E-state index contributed by atoms with van der Waals surface area (Å²) in [5.41, 5.74) is 3.71. The van der Waals surface area contributed by atoms with E-state index in [1.54, 1.807) is 17.4 Å². The zero-order valence-corrected chi connectivity index (χ0v) is 8.79. The Labute approximate surface area is 91.3 Å². The standard InChI is InChI=1S/C9H11N5S/c10-14-9-3-8(12-6-13-9)11-4-7-1-2-15-5-7/h1-3,5-6H,4,10H2,(H2,11,12,13,14). The minimum atomic E-state index is 0.595. The molecule has 2 heterocycles. The highest BCUT2D eigenvalue weighted by Crippen LogP contribution is 2.11. The molecule has 6 heteroatoms. The molecule has 0 aliphatic carbocycles. The first-order valence-electron chi connectivity index (χ1n) is 4.42. The number of nitrogens with zero attached hydrogens (tertiary/aromatic N) is 2. The molecule has 2 rings (SSSR count). The van der Waals surface area contributed by atoms with Crippen LogP contribution in [0.1, 0.15) is 5.56 Å². The van der Waals surface area contributed by atoms with Crippen molar-refractivity contribution in [1.82, 2.24) is 9.97 Å². The lowest BCUT2D eigenvalue weighted by atomic mass is 10.3. The summed E-state index contributed by atoms with van der Waals surface area (Å²) in [6.45, 7) is 0.754. The summed E-state index contributed by atoms with van der Waals surface area (Å²) in [4.78, 5) is 7.99. The van der Waals surface area contributed by atoms with Gasteiger partial charge in [0.25, 0.3) is 0 Å². The molecule has 4 N–H and O–H groups in total. The van der Waals surface area contributed by atoms with Crippen molar-refractivity contribution in [3.63, 3.8) is 0 Å². The number of thiophene rings is 1. The lowest BCUT2D eigenvalue weighted by Crippen LogP contribution is -2.09. The Balaban J connectivity index is 1.98. The fourth-order valence-electron chi connectivity index (χ4n) is 1.12. The van der Waals surface area contributed by atoms with Crippen LogP contribution >= 0.6 is 11.3 Å². The molecule has 5 nitrogen and oxygen atoms in total. The summed E-state index contributed by atoms with van der Waals surface area (Å²) < 4.78 is 0. The molecule has 0 spiro atoms. The summed E-state index contributed by atoms with van der Waals surface area (Å²) in [5.74, 6) is 6.59. The summed E-state index contributed by atoms with van der Waals surface area (Å²) in [7, 11) is 0. The molecule has 0 aromatic carbocycles. The number of anilines is 2. The third-order valence-corrected chi connectivity index (χ3v) is 2.60. The van der Waals surface area contributed by atoms with Crippen molar-refractivity contribution in [2.24, 2.45) is 5.84 Å². The van der Waals surface area contributed by atoms with Gasteiger partial charge in [0.05, 0.1) is 0 Å². The molecule has 15 heavy (non-hydrogen) atoms. The van der Waals surface area contributed by atoms with E-state index in [4.69, 9.17) is 5.84 Å². The number of nitrogens with two attached hydrogens (primary N) is 1. The highest BCUT2D eigenvalue weighted by atomic mass is 32.1. The van der Waals surface area contributed by atoms with Crippen LogP contribution in [0.5, 0.6) is 0 Å². The molecule has 0 radical (unpaired) electrons. The van der Waals surface area contributed by atoms with E-state index in [-0.39, 0.29) is 0 Å². The van der Waals surface area contributed by atoms with Gasteiger partial charge in [0.2, 0.25) is 0 Å². The van der Waals surface area contributed by atoms with Gasteiger partial charge in [0, 0.05) is 12.6 Å². The third kappa shape index (κ3) is 2.64. The van der Waals surface area contributed by atoms with Crippen molar-refractivity contribution < 1.29 is 0 Å². The predicted molar refractivity (Wildman–Crippen MR) is 61.5 cm³/mol. The Morgan fingerprint density at radius 3 is 2.93 bits per heavy atom. The van der Waals surface area contributed by atoms with Crippen molar-refractivity contribution >= 4 is 23.0 Å². The Morgan fingerprint density at radius 1 is 1.33 bits per heavy atom. The van der Waals surface area contributed by atoms with E-state index in [9.17, 15) is 0 Å². The van der Waals surface area contributed by atoms with Gasteiger partial charge in [-0.1, -0.05) is 0 Å².